The van der Waals surface area contributed by atoms with Crippen LogP contribution in [-0.2, 0) is 0 Å². The molecule has 2 bridgehead atoms. The molecular weight excluding hydrogens is 321 g/mol. The number of nitrogens with zero attached hydrogens (tertiary/aromatic N) is 1. The van der Waals surface area contributed by atoms with Crippen LogP contribution in [0.25, 0.3) is 0 Å². The Morgan fingerprint density at radius 1 is 1.24 bits per heavy atom. The van der Waals surface area contributed by atoms with Gasteiger partial charge in [-0.1, -0.05) is 36.2 Å². The van der Waals surface area contributed by atoms with Gasteiger partial charge >= 0.3 is 0 Å². The first-order chi connectivity index (χ1) is 10.1. The monoisotopic (exact) mass is 343 g/mol. The molecule has 0 aliphatic carbocycles. The molecule has 0 N–H and O–H groups in total. The van der Waals surface area contributed by atoms with Crippen molar-refractivity contribution in [1.82, 2.24) is 4.90 Å². The Morgan fingerprint density at radius 3 is 2.76 bits per heavy atom. The Hall–Kier alpha value is 0.110. The number of halogens is 2. The molecule has 1 aromatic carbocycles. The van der Waals surface area contributed by atoms with Crippen molar-refractivity contribution in [3.8, 4) is 0 Å². The van der Waals surface area contributed by atoms with Crippen LogP contribution < -0.4 is 0 Å². The highest BCUT2D eigenvalue weighted by Crippen LogP contribution is 2.47. The lowest BCUT2D eigenvalue weighted by molar-refractivity contribution is 0.112. The molecule has 0 aromatic heterocycles. The molecule has 2 saturated heterocycles. The van der Waals surface area contributed by atoms with Gasteiger partial charge in [0, 0.05) is 12.1 Å². The highest BCUT2D eigenvalue weighted by Gasteiger charge is 2.45. The summed E-state index contributed by atoms with van der Waals surface area (Å²) in [5, 5.41) is 1.36. The number of rotatable bonds is 4. The Morgan fingerprint density at radius 2 is 2.05 bits per heavy atom. The van der Waals surface area contributed by atoms with Gasteiger partial charge in [-0.15, -0.1) is 0 Å². The van der Waals surface area contributed by atoms with E-state index in [1.165, 1.54) is 36.3 Å². The second-order valence-electron chi connectivity index (χ2n) is 6.30. The molecule has 4 atom stereocenters. The van der Waals surface area contributed by atoms with Crippen LogP contribution in [-0.4, -0.2) is 35.5 Å². The lowest BCUT2D eigenvalue weighted by Gasteiger charge is -2.43. The minimum absolute atomic E-state index is 0.632. The van der Waals surface area contributed by atoms with Crippen molar-refractivity contribution in [1.29, 1.82) is 0 Å². The van der Waals surface area contributed by atoms with E-state index in [0.717, 1.165) is 18.0 Å². The highest BCUT2D eigenvalue weighted by molar-refractivity contribution is 7.99. The van der Waals surface area contributed by atoms with Crippen LogP contribution >= 0.6 is 35.0 Å². The summed E-state index contributed by atoms with van der Waals surface area (Å²) in [6, 6.07) is 7.74. The van der Waals surface area contributed by atoms with Crippen LogP contribution in [0.15, 0.2) is 18.2 Å². The zero-order valence-corrected chi connectivity index (χ0v) is 15.0. The summed E-state index contributed by atoms with van der Waals surface area (Å²) >= 11 is 14.4. The van der Waals surface area contributed by atoms with Gasteiger partial charge in [-0.05, 0) is 67.3 Å². The predicted octanol–water partition coefficient (Wildman–Crippen LogP) is 5.31. The first-order valence-corrected chi connectivity index (χ1v) is 9.77. The minimum Gasteiger partial charge on any atom is -0.300 e. The normalized spacial score (nSPS) is 32.6. The van der Waals surface area contributed by atoms with E-state index in [4.69, 9.17) is 23.2 Å². The molecule has 0 amide bonds. The fourth-order valence-electron chi connectivity index (χ4n) is 4.18. The second-order valence-corrected chi connectivity index (χ2v) is 8.44. The van der Waals surface area contributed by atoms with Crippen LogP contribution in [0.2, 0.25) is 10.0 Å². The van der Waals surface area contributed by atoms with Gasteiger partial charge in [0.2, 0.25) is 0 Å². The molecule has 4 heteroatoms. The van der Waals surface area contributed by atoms with Crippen molar-refractivity contribution in [2.45, 2.75) is 44.2 Å². The van der Waals surface area contributed by atoms with Gasteiger partial charge in [0.15, 0.2) is 0 Å². The van der Waals surface area contributed by atoms with Crippen molar-refractivity contribution in [3.05, 3.63) is 33.8 Å². The Bertz CT molecular complexity index is 508. The zero-order chi connectivity index (χ0) is 15.0. The molecule has 1 nitrogen and oxygen atoms in total. The molecule has 2 aliphatic rings. The molecule has 3 rings (SSSR count). The third kappa shape index (κ3) is 3.10. The average molecular weight is 344 g/mol. The number of thioether (sulfide) groups is 1. The van der Waals surface area contributed by atoms with Crippen LogP contribution in [0.1, 0.15) is 37.7 Å². The van der Waals surface area contributed by atoms with Crippen LogP contribution in [0.4, 0.5) is 0 Å². The Kier molecular flexibility index (Phi) is 5.10. The molecule has 2 heterocycles. The van der Waals surface area contributed by atoms with Crippen molar-refractivity contribution >= 4 is 35.0 Å². The second kappa shape index (κ2) is 6.70. The van der Waals surface area contributed by atoms with E-state index in [1.807, 2.05) is 6.07 Å². The van der Waals surface area contributed by atoms with Gasteiger partial charge in [-0.25, -0.2) is 0 Å². The van der Waals surface area contributed by atoms with E-state index in [1.54, 1.807) is 0 Å². The standard InChI is InChI=1S/C17H23Cl2NS/c1-3-21-10-14-13(9-12-5-7-17(14)20(12)2)11-4-6-15(18)16(19)8-11/h4,6,8,12-14,17H,3,5,7,9-10H2,1-2H3/t12-,13+,14+,17+/m1/s1. The molecule has 1 aromatic rings. The Balaban J connectivity index is 1.88. The summed E-state index contributed by atoms with van der Waals surface area (Å²) in [7, 11) is 2.32. The summed E-state index contributed by atoms with van der Waals surface area (Å²) in [4.78, 5) is 2.63. The SMILES string of the molecule is CCSC[C@H]1[C@H](c2ccc(Cl)c(Cl)c2)C[C@H]2CC[C@@H]1N2C. The molecule has 2 aliphatic heterocycles. The maximum absolute atomic E-state index is 6.25. The van der Waals surface area contributed by atoms with E-state index < -0.39 is 0 Å². The minimum atomic E-state index is 0.632. The summed E-state index contributed by atoms with van der Waals surface area (Å²) in [6.45, 7) is 2.25. The summed E-state index contributed by atoms with van der Waals surface area (Å²) in [5.74, 6) is 3.82. The van der Waals surface area contributed by atoms with Crippen molar-refractivity contribution in [2.75, 3.05) is 18.6 Å². The molecule has 0 spiro atoms. The first-order valence-electron chi connectivity index (χ1n) is 7.86. The highest BCUT2D eigenvalue weighted by atomic mass is 35.5. The summed E-state index contributed by atoms with van der Waals surface area (Å²) in [6.07, 6.45) is 3.97. The van der Waals surface area contributed by atoms with Gasteiger partial charge in [0.25, 0.3) is 0 Å². The van der Waals surface area contributed by atoms with E-state index in [9.17, 15) is 0 Å². The van der Waals surface area contributed by atoms with Gasteiger partial charge in [0.1, 0.15) is 0 Å². The van der Waals surface area contributed by atoms with E-state index in [2.05, 4.69) is 42.8 Å². The first kappa shape index (κ1) is 16.0. The van der Waals surface area contributed by atoms with Crippen molar-refractivity contribution in [3.63, 3.8) is 0 Å². The van der Waals surface area contributed by atoms with Crippen molar-refractivity contribution in [2.24, 2.45) is 5.92 Å². The quantitative estimate of drug-likeness (QED) is 0.728. The average Bonchev–Trinajstić information content (AvgIpc) is 2.72. The van der Waals surface area contributed by atoms with Gasteiger partial charge in [-0.3, -0.25) is 0 Å². The molecule has 116 valence electrons. The van der Waals surface area contributed by atoms with E-state index >= 15 is 0 Å². The van der Waals surface area contributed by atoms with Crippen LogP contribution in [0.5, 0.6) is 0 Å². The lowest BCUT2D eigenvalue weighted by atomic mass is 9.77. The molecule has 2 fully saturated rings. The maximum Gasteiger partial charge on any atom is 0.0595 e. The predicted molar refractivity (Wildman–Crippen MR) is 94.9 cm³/mol. The van der Waals surface area contributed by atoms with E-state index in [0.29, 0.717) is 16.0 Å². The van der Waals surface area contributed by atoms with Crippen LogP contribution in [0, 0.1) is 5.92 Å². The van der Waals surface area contributed by atoms with Gasteiger partial charge < -0.3 is 4.90 Å². The fourth-order valence-corrected chi connectivity index (χ4v) is 5.45. The largest absolute Gasteiger partial charge is 0.300 e. The lowest BCUT2D eigenvalue weighted by Crippen LogP contribution is -2.46. The Labute approximate surface area is 142 Å². The topological polar surface area (TPSA) is 3.24 Å². The maximum atomic E-state index is 6.25. The molecular formula is C17H23Cl2NS. The van der Waals surface area contributed by atoms with Gasteiger partial charge in [-0.2, -0.15) is 11.8 Å². The number of piperidine rings is 1. The number of benzene rings is 1. The third-order valence-corrected chi connectivity index (χ3v) is 7.09. The third-order valence-electron chi connectivity index (χ3n) is 5.32. The van der Waals surface area contributed by atoms with E-state index in [-0.39, 0.29) is 0 Å². The zero-order valence-electron chi connectivity index (χ0n) is 12.7. The number of hydrogen-bond acceptors (Lipinski definition) is 2. The summed E-state index contributed by atoms with van der Waals surface area (Å²) < 4.78 is 0. The molecule has 21 heavy (non-hydrogen) atoms. The van der Waals surface area contributed by atoms with Gasteiger partial charge in [0.05, 0.1) is 10.0 Å². The summed E-state index contributed by atoms with van der Waals surface area (Å²) in [5.41, 5.74) is 1.39. The molecule has 0 radical (unpaired) electrons. The molecule has 0 unspecified atom stereocenters. The van der Waals surface area contributed by atoms with Crippen molar-refractivity contribution < 1.29 is 0 Å². The molecule has 0 saturated carbocycles. The number of hydrogen-bond donors (Lipinski definition) is 0. The number of fused-ring (bicyclic) bond motifs is 2. The van der Waals surface area contributed by atoms with Crippen LogP contribution in [0.3, 0.4) is 0 Å². The smallest absolute Gasteiger partial charge is 0.0595 e. The fraction of sp³-hybridized carbons (Fsp3) is 0.647.